The number of sulfonamides is 1. The van der Waals surface area contributed by atoms with Gasteiger partial charge in [-0.1, -0.05) is 41.4 Å². The molecule has 0 N–H and O–H groups in total. The second kappa shape index (κ2) is 9.16. The van der Waals surface area contributed by atoms with E-state index < -0.39 is 10.0 Å². The van der Waals surface area contributed by atoms with E-state index in [4.69, 9.17) is 16.9 Å². The molecule has 1 aromatic heterocycles. The molecule has 0 amide bonds. The maximum atomic E-state index is 13.2. The highest BCUT2D eigenvalue weighted by molar-refractivity contribution is 7.89. The van der Waals surface area contributed by atoms with E-state index in [0.717, 1.165) is 16.5 Å². The molecule has 1 aliphatic rings. The summed E-state index contributed by atoms with van der Waals surface area (Å²) in [5.74, 6) is 0.765. The van der Waals surface area contributed by atoms with Gasteiger partial charge < -0.3 is 4.90 Å². The van der Waals surface area contributed by atoms with Crippen LogP contribution in [0.25, 0.3) is 0 Å². The molecule has 1 saturated heterocycles. The monoisotopic (exact) mass is 487 g/mol. The summed E-state index contributed by atoms with van der Waals surface area (Å²) >= 11 is 7.52. The highest BCUT2D eigenvalue weighted by Crippen LogP contribution is 2.30. The molecule has 0 aliphatic carbocycles. The molecule has 1 aliphatic heterocycles. The number of nitrogens with zero attached hydrogens (tertiary/aromatic N) is 5. The number of nitriles is 1. The van der Waals surface area contributed by atoms with Crippen LogP contribution in [0.5, 0.6) is 0 Å². The fourth-order valence-corrected chi connectivity index (χ4v) is 6.56. The van der Waals surface area contributed by atoms with Crippen LogP contribution in [0, 0.1) is 18.3 Å². The van der Waals surface area contributed by atoms with Crippen LogP contribution in [0.15, 0.2) is 47.4 Å². The van der Waals surface area contributed by atoms with E-state index in [2.05, 4.69) is 45.4 Å². The Balaban J connectivity index is 1.46. The van der Waals surface area contributed by atoms with Crippen molar-refractivity contribution in [3.05, 3.63) is 70.0 Å². The van der Waals surface area contributed by atoms with Crippen LogP contribution in [-0.2, 0) is 16.4 Å². The number of aromatic nitrogens is 2. The molecule has 2 aromatic carbocycles. The zero-order chi connectivity index (χ0) is 22.9. The lowest BCUT2D eigenvalue weighted by Gasteiger charge is -2.38. The van der Waals surface area contributed by atoms with E-state index >= 15 is 0 Å². The summed E-state index contributed by atoms with van der Waals surface area (Å²) in [7, 11) is -3.78. The average Bonchev–Trinajstić information content (AvgIpc) is 3.23. The van der Waals surface area contributed by atoms with Crippen molar-refractivity contribution >= 4 is 38.3 Å². The highest BCUT2D eigenvalue weighted by Gasteiger charge is 2.35. The number of hydrogen-bond acceptors (Lipinski definition) is 7. The summed E-state index contributed by atoms with van der Waals surface area (Å²) in [6.45, 7) is 5.25. The first-order valence-electron chi connectivity index (χ1n) is 10.1. The van der Waals surface area contributed by atoms with E-state index in [0.29, 0.717) is 31.6 Å². The maximum Gasteiger partial charge on any atom is 0.244 e. The van der Waals surface area contributed by atoms with Gasteiger partial charge in [0.05, 0.1) is 16.7 Å². The first-order chi connectivity index (χ1) is 15.3. The topological polar surface area (TPSA) is 90.2 Å². The summed E-state index contributed by atoms with van der Waals surface area (Å²) < 4.78 is 32.4. The third-order valence-corrected chi connectivity index (χ3v) is 8.74. The van der Waals surface area contributed by atoms with Gasteiger partial charge in [-0.05, 0) is 37.6 Å². The molecule has 10 heteroatoms. The van der Waals surface area contributed by atoms with Gasteiger partial charge in [0, 0.05) is 43.6 Å². The van der Waals surface area contributed by atoms with E-state index in [1.165, 1.54) is 39.6 Å². The second-order valence-electron chi connectivity index (χ2n) is 7.82. The van der Waals surface area contributed by atoms with Gasteiger partial charge in [-0.25, -0.2) is 13.4 Å². The molecule has 0 spiro atoms. The Hall–Kier alpha value is -2.51. The molecule has 2 heterocycles. The number of hydrogen-bond donors (Lipinski definition) is 0. The minimum absolute atomic E-state index is 0.0229. The van der Waals surface area contributed by atoms with Crippen molar-refractivity contribution in [3.63, 3.8) is 0 Å². The smallest absolute Gasteiger partial charge is 0.244 e. The van der Waals surface area contributed by atoms with Gasteiger partial charge in [-0.3, -0.25) is 0 Å². The van der Waals surface area contributed by atoms with Crippen LogP contribution in [0.3, 0.4) is 0 Å². The van der Waals surface area contributed by atoms with Gasteiger partial charge >= 0.3 is 0 Å². The molecule has 1 fully saturated rings. The number of aryl methyl sites for hydroxylation is 1. The van der Waals surface area contributed by atoms with Gasteiger partial charge in [0.1, 0.15) is 10.7 Å². The van der Waals surface area contributed by atoms with E-state index in [9.17, 15) is 8.42 Å². The van der Waals surface area contributed by atoms with Crippen molar-refractivity contribution in [1.29, 1.82) is 5.26 Å². The first kappa shape index (κ1) is 22.7. The molecule has 4 rings (SSSR count). The van der Waals surface area contributed by atoms with Crippen LogP contribution >= 0.6 is 23.1 Å². The highest BCUT2D eigenvalue weighted by atomic mass is 35.5. The Bertz CT molecular complexity index is 1270. The molecule has 0 saturated carbocycles. The number of anilines is 1. The van der Waals surface area contributed by atoms with Gasteiger partial charge in [0.25, 0.3) is 0 Å². The Morgan fingerprint density at radius 3 is 2.62 bits per heavy atom. The summed E-state index contributed by atoms with van der Waals surface area (Å²) in [6, 6.07) is 14.2. The molecule has 1 unspecified atom stereocenters. The lowest BCUT2D eigenvalue weighted by atomic mass is 10.1. The largest absolute Gasteiger partial charge is 0.344 e. The molecule has 32 heavy (non-hydrogen) atoms. The van der Waals surface area contributed by atoms with Crippen molar-refractivity contribution in [3.8, 4) is 6.07 Å². The Morgan fingerprint density at radius 1 is 1.22 bits per heavy atom. The van der Waals surface area contributed by atoms with Crippen LogP contribution in [0.1, 0.15) is 29.4 Å². The lowest BCUT2D eigenvalue weighted by Crippen LogP contribution is -2.54. The molecule has 166 valence electrons. The fraction of sp³-hybridized carbons (Fsp3) is 0.318. The quantitative estimate of drug-likeness (QED) is 0.542. The second-order valence-corrected chi connectivity index (χ2v) is 10.8. The van der Waals surface area contributed by atoms with Crippen molar-refractivity contribution < 1.29 is 8.42 Å². The Kier molecular flexibility index (Phi) is 6.49. The number of piperazine rings is 1. The molecule has 0 bridgehead atoms. The third-order valence-electron chi connectivity index (χ3n) is 5.42. The normalized spacial score (nSPS) is 17.3. The number of rotatable bonds is 5. The van der Waals surface area contributed by atoms with Crippen LogP contribution < -0.4 is 4.90 Å². The van der Waals surface area contributed by atoms with Crippen molar-refractivity contribution in [2.45, 2.75) is 31.2 Å². The number of benzene rings is 2. The van der Waals surface area contributed by atoms with Crippen LogP contribution in [0.2, 0.25) is 5.02 Å². The van der Waals surface area contributed by atoms with Gasteiger partial charge in [0.15, 0.2) is 0 Å². The third kappa shape index (κ3) is 4.64. The van der Waals surface area contributed by atoms with E-state index in [1.54, 1.807) is 0 Å². The van der Waals surface area contributed by atoms with E-state index in [1.807, 2.05) is 13.0 Å². The molecule has 7 nitrogen and oxygen atoms in total. The average molecular weight is 488 g/mol. The zero-order valence-electron chi connectivity index (χ0n) is 17.7. The van der Waals surface area contributed by atoms with Crippen molar-refractivity contribution in [1.82, 2.24) is 13.7 Å². The summed E-state index contributed by atoms with van der Waals surface area (Å²) in [6.07, 6.45) is 0.665. The molecular weight excluding hydrogens is 466 g/mol. The molecular formula is C22H22ClN5O2S2. The van der Waals surface area contributed by atoms with Crippen LogP contribution in [-0.4, -0.2) is 47.8 Å². The lowest BCUT2D eigenvalue weighted by molar-refractivity contribution is 0.306. The SMILES string of the molecule is Cc1ccc(Cc2nsc(N3CCN(S(=O)(=O)c4ccc(C#N)cc4Cl)C(C)C3)n2)cc1. The minimum Gasteiger partial charge on any atom is -0.344 e. The fourth-order valence-electron chi connectivity index (χ4n) is 3.71. The summed E-state index contributed by atoms with van der Waals surface area (Å²) in [5, 5.41) is 9.85. The Labute approximate surface area is 197 Å². The molecule has 3 aromatic rings. The van der Waals surface area contributed by atoms with Crippen molar-refractivity contribution in [2.24, 2.45) is 0 Å². The predicted molar refractivity (Wildman–Crippen MR) is 126 cm³/mol. The maximum absolute atomic E-state index is 13.2. The minimum atomic E-state index is -3.78. The number of halogens is 1. The van der Waals surface area contributed by atoms with Crippen LogP contribution in [0.4, 0.5) is 5.13 Å². The summed E-state index contributed by atoms with van der Waals surface area (Å²) in [4.78, 5) is 6.78. The molecule has 0 radical (unpaired) electrons. The predicted octanol–water partition coefficient (Wildman–Crippen LogP) is 3.86. The van der Waals surface area contributed by atoms with Gasteiger partial charge in [0.2, 0.25) is 15.2 Å². The van der Waals surface area contributed by atoms with Gasteiger partial charge in [-0.2, -0.15) is 13.9 Å². The molecule has 1 atom stereocenters. The van der Waals surface area contributed by atoms with Gasteiger partial charge in [-0.15, -0.1) is 0 Å². The standard InChI is InChI=1S/C22H22ClN5O2S2/c1-15-3-5-17(6-4-15)12-21-25-22(31-26-21)27-9-10-28(16(2)14-27)32(29,30)20-8-7-18(13-24)11-19(20)23/h3-8,11,16H,9-10,12,14H2,1-2H3. The zero-order valence-corrected chi connectivity index (χ0v) is 20.1. The Morgan fingerprint density at radius 2 is 1.97 bits per heavy atom. The van der Waals surface area contributed by atoms with Crippen molar-refractivity contribution in [2.75, 3.05) is 24.5 Å². The van der Waals surface area contributed by atoms with E-state index in [-0.39, 0.29) is 16.0 Å². The first-order valence-corrected chi connectivity index (χ1v) is 12.7. The summed E-state index contributed by atoms with van der Waals surface area (Å²) in [5.41, 5.74) is 2.69.